The summed E-state index contributed by atoms with van der Waals surface area (Å²) in [6.07, 6.45) is -1.74. The first-order valence-corrected chi connectivity index (χ1v) is 10.6. The van der Waals surface area contributed by atoms with E-state index in [-0.39, 0.29) is 30.2 Å². The Morgan fingerprint density at radius 3 is 2.34 bits per heavy atom. The fraction of sp³-hybridized carbons (Fsp3) is 0.350. The molecule has 0 saturated carbocycles. The van der Waals surface area contributed by atoms with Gasteiger partial charge < -0.3 is 4.74 Å². The second kappa shape index (κ2) is 8.81. The van der Waals surface area contributed by atoms with Crippen molar-refractivity contribution in [3.8, 4) is 0 Å². The van der Waals surface area contributed by atoms with Gasteiger partial charge in [-0.3, -0.25) is 14.9 Å². The van der Waals surface area contributed by atoms with Crippen molar-refractivity contribution in [2.75, 3.05) is 19.6 Å². The van der Waals surface area contributed by atoms with Crippen molar-refractivity contribution < 1.29 is 22.9 Å². The van der Waals surface area contributed by atoms with Gasteiger partial charge in [-0.25, -0.2) is 8.42 Å². The molecule has 2 atom stereocenters. The standard InChI is InChI=1S/C20H22N2O6S/c1-15-7-9-19(10-8-15)29(26,27)21-12-17(28-18(13-21)14-22(24)25)11-20(23)16-5-3-2-4-6-16/h2-10,17-18H,11-14H2,1H3/t17-,18-/m1/s1. The van der Waals surface area contributed by atoms with Gasteiger partial charge in [-0.1, -0.05) is 48.0 Å². The van der Waals surface area contributed by atoms with Crippen LogP contribution in [0.2, 0.25) is 0 Å². The first-order chi connectivity index (χ1) is 13.8. The van der Waals surface area contributed by atoms with Crippen LogP contribution in [0.3, 0.4) is 0 Å². The van der Waals surface area contributed by atoms with Crippen LogP contribution in [0.5, 0.6) is 0 Å². The molecule has 2 aromatic carbocycles. The van der Waals surface area contributed by atoms with Gasteiger partial charge in [-0.15, -0.1) is 0 Å². The summed E-state index contributed by atoms with van der Waals surface area (Å²) in [5.74, 6) is -0.204. The number of aryl methyl sites for hydroxylation is 1. The fourth-order valence-corrected chi connectivity index (χ4v) is 4.77. The monoisotopic (exact) mass is 418 g/mol. The molecule has 1 saturated heterocycles. The summed E-state index contributed by atoms with van der Waals surface area (Å²) in [6, 6.07) is 15.0. The van der Waals surface area contributed by atoms with E-state index in [2.05, 4.69) is 0 Å². The molecule has 0 aliphatic carbocycles. The predicted octanol–water partition coefficient (Wildman–Crippen LogP) is 2.30. The number of hydrogen-bond donors (Lipinski definition) is 0. The third kappa shape index (κ3) is 5.26. The highest BCUT2D eigenvalue weighted by molar-refractivity contribution is 7.89. The normalized spacial score (nSPS) is 20.3. The van der Waals surface area contributed by atoms with Crippen molar-refractivity contribution >= 4 is 15.8 Å². The first kappa shape index (κ1) is 21.1. The van der Waals surface area contributed by atoms with Crippen LogP contribution in [-0.4, -0.2) is 55.3 Å². The number of ether oxygens (including phenoxy) is 1. The highest BCUT2D eigenvalue weighted by Gasteiger charge is 2.38. The van der Waals surface area contributed by atoms with Crippen molar-refractivity contribution in [3.05, 3.63) is 75.8 Å². The number of carbonyl (C=O) groups is 1. The van der Waals surface area contributed by atoms with Crippen LogP contribution in [0.25, 0.3) is 0 Å². The van der Waals surface area contributed by atoms with Crippen LogP contribution < -0.4 is 0 Å². The van der Waals surface area contributed by atoms with Crippen LogP contribution in [0.15, 0.2) is 59.5 Å². The van der Waals surface area contributed by atoms with Crippen LogP contribution in [0, 0.1) is 17.0 Å². The highest BCUT2D eigenvalue weighted by Crippen LogP contribution is 2.24. The molecule has 29 heavy (non-hydrogen) atoms. The van der Waals surface area contributed by atoms with Crippen molar-refractivity contribution in [2.24, 2.45) is 0 Å². The van der Waals surface area contributed by atoms with Crippen molar-refractivity contribution in [3.63, 3.8) is 0 Å². The largest absolute Gasteiger partial charge is 0.365 e. The summed E-state index contributed by atoms with van der Waals surface area (Å²) in [7, 11) is -3.86. The van der Waals surface area contributed by atoms with E-state index in [9.17, 15) is 23.3 Å². The summed E-state index contributed by atoms with van der Waals surface area (Å²) >= 11 is 0. The Balaban J connectivity index is 1.82. The zero-order valence-electron chi connectivity index (χ0n) is 15.9. The molecule has 0 N–H and O–H groups in total. The number of rotatable bonds is 7. The quantitative estimate of drug-likeness (QED) is 0.388. The van der Waals surface area contributed by atoms with Gasteiger partial charge in [0.05, 0.1) is 11.0 Å². The zero-order valence-corrected chi connectivity index (χ0v) is 16.7. The second-order valence-electron chi connectivity index (χ2n) is 7.02. The molecule has 8 nitrogen and oxygen atoms in total. The Hall–Kier alpha value is -2.62. The number of nitrogens with zero attached hydrogens (tertiary/aromatic N) is 2. The third-order valence-electron chi connectivity index (χ3n) is 4.72. The number of carbonyl (C=O) groups excluding carboxylic acids is 1. The maximum Gasteiger partial charge on any atom is 0.243 e. The minimum absolute atomic E-state index is 0.0387. The van der Waals surface area contributed by atoms with E-state index in [1.165, 1.54) is 16.4 Å². The molecule has 2 aromatic rings. The molecule has 0 bridgehead atoms. The fourth-order valence-electron chi connectivity index (χ4n) is 3.27. The molecule has 1 heterocycles. The number of Topliss-reactive ketones (excluding diaryl/α,β-unsaturated/α-hetero) is 1. The van der Waals surface area contributed by atoms with E-state index >= 15 is 0 Å². The van der Waals surface area contributed by atoms with E-state index in [1.54, 1.807) is 42.5 Å². The first-order valence-electron chi connectivity index (χ1n) is 9.18. The lowest BCUT2D eigenvalue weighted by molar-refractivity contribution is -0.493. The minimum Gasteiger partial charge on any atom is -0.365 e. The van der Waals surface area contributed by atoms with Crippen LogP contribution in [-0.2, 0) is 14.8 Å². The molecule has 154 valence electrons. The molecule has 9 heteroatoms. The lowest BCUT2D eigenvalue weighted by Crippen LogP contribution is -2.52. The molecule has 0 amide bonds. The molecule has 1 aliphatic rings. The van der Waals surface area contributed by atoms with E-state index in [0.29, 0.717) is 5.56 Å². The third-order valence-corrected chi connectivity index (χ3v) is 6.57. The summed E-state index contributed by atoms with van der Waals surface area (Å²) in [5.41, 5.74) is 1.41. The lowest BCUT2D eigenvalue weighted by atomic mass is 10.0. The molecule has 0 aromatic heterocycles. The lowest BCUT2D eigenvalue weighted by Gasteiger charge is -2.35. The van der Waals surface area contributed by atoms with Gasteiger partial charge >= 0.3 is 0 Å². The van der Waals surface area contributed by atoms with Gasteiger partial charge in [-0.2, -0.15) is 4.31 Å². The molecule has 0 unspecified atom stereocenters. The Morgan fingerprint density at radius 1 is 1.10 bits per heavy atom. The van der Waals surface area contributed by atoms with Crippen molar-refractivity contribution in [2.45, 2.75) is 30.4 Å². The summed E-state index contributed by atoms with van der Waals surface area (Å²) < 4.78 is 33.0. The predicted molar refractivity (Wildman–Crippen MR) is 106 cm³/mol. The molecular formula is C20H22N2O6S. The van der Waals surface area contributed by atoms with E-state index in [0.717, 1.165) is 5.56 Å². The molecule has 0 spiro atoms. The summed E-state index contributed by atoms with van der Waals surface area (Å²) in [6.45, 7) is 1.15. The van der Waals surface area contributed by atoms with Gasteiger partial charge in [0.25, 0.3) is 0 Å². The average Bonchev–Trinajstić information content (AvgIpc) is 2.68. The number of ketones is 1. The van der Waals surface area contributed by atoms with Gasteiger partial charge in [0.1, 0.15) is 6.10 Å². The van der Waals surface area contributed by atoms with Crippen LogP contribution in [0.1, 0.15) is 22.3 Å². The van der Waals surface area contributed by atoms with E-state index < -0.39 is 33.7 Å². The Labute approximate surface area is 169 Å². The average molecular weight is 418 g/mol. The highest BCUT2D eigenvalue weighted by atomic mass is 32.2. The van der Waals surface area contributed by atoms with E-state index in [1.807, 2.05) is 6.92 Å². The Morgan fingerprint density at radius 2 is 1.72 bits per heavy atom. The number of hydrogen-bond acceptors (Lipinski definition) is 6. The van der Waals surface area contributed by atoms with Crippen molar-refractivity contribution in [1.29, 1.82) is 0 Å². The number of sulfonamides is 1. The van der Waals surface area contributed by atoms with Crippen LogP contribution >= 0.6 is 0 Å². The topological polar surface area (TPSA) is 107 Å². The molecule has 1 fully saturated rings. The van der Waals surface area contributed by atoms with Gasteiger partial charge in [0.2, 0.25) is 16.6 Å². The van der Waals surface area contributed by atoms with Gasteiger partial charge in [0, 0.05) is 30.0 Å². The summed E-state index contributed by atoms with van der Waals surface area (Å²) in [4.78, 5) is 23.1. The minimum atomic E-state index is -3.86. The maximum absolute atomic E-state index is 13.0. The SMILES string of the molecule is Cc1ccc(S(=O)(=O)N2C[C@@H](CC(=O)c3ccccc3)O[C@@H](C[N+](=O)[O-])C2)cc1. The Kier molecular flexibility index (Phi) is 6.41. The Bertz CT molecular complexity index is 976. The number of benzene rings is 2. The molecule has 1 aliphatic heterocycles. The molecule has 0 radical (unpaired) electrons. The smallest absolute Gasteiger partial charge is 0.243 e. The maximum atomic E-state index is 13.0. The van der Waals surface area contributed by atoms with Gasteiger partial charge in [0.15, 0.2) is 5.78 Å². The number of morpholine rings is 1. The van der Waals surface area contributed by atoms with Gasteiger partial charge in [-0.05, 0) is 19.1 Å². The van der Waals surface area contributed by atoms with Crippen LogP contribution in [0.4, 0.5) is 0 Å². The van der Waals surface area contributed by atoms with Crippen molar-refractivity contribution in [1.82, 2.24) is 4.31 Å². The zero-order chi connectivity index (χ0) is 21.0. The second-order valence-corrected chi connectivity index (χ2v) is 8.96. The summed E-state index contributed by atoms with van der Waals surface area (Å²) in [5, 5.41) is 11.0. The van der Waals surface area contributed by atoms with E-state index in [4.69, 9.17) is 4.74 Å². The number of nitro groups is 1. The molecular weight excluding hydrogens is 396 g/mol. The molecule has 3 rings (SSSR count).